The van der Waals surface area contributed by atoms with Gasteiger partial charge in [0.1, 0.15) is 5.82 Å². The summed E-state index contributed by atoms with van der Waals surface area (Å²) in [6.45, 7) is 4.31. The molecule has 1 fully saturated rings. The summed E-state index contributed by atoms with van der Waals surface area (Å²) in [6, 6.07) is 9.27. The molecule has 3 aromatic rings. The maximum Gasteiger partial charge on any atom is 0.235 e. The Hall–Kier alpha value is -3.42. The number of fused-ring (bicyclic) bond motifs is 1. The summed E-state index contributed by atoms with van der Waals surface area (Å²) in [7, 11) is 0. The highest BCUT2D eigenvalue weighted by Gasteiger charge is 2.22. The van der Waals surface area contributed by atoms with Gasteiger partial charge in [-0.3, -0.25) is 14.0 Å². The van der Waals surface area contributed by atoms with E-state index >= 15 is 0 Å². The zero-order valence-corrected chi connectivity index (χ0v) is 15.7. The number of hydrogen-bond donors (Lipinski definition) is 1. The number of piperazine rings is 1. The van der Waals surface area contributed by atoms with E-state index < -0.39 is 0 Å². The van der Waals surface area contributed by atoms with Gasteiger partial charge in [-0.1, -0.05) is 12.1 Å². The van der Waals surface area contributed by atoms with E-state index in [2.05, 4.69) is 20.2 Å². The first-order valence-electron chi connectivity index (χ1n) is 9.27. The topological polar surface area (TPSA) is 82.8 Å². The van der Waals surface area contributed by atoms with E-state index in [1.807, 2.05) is 52.0 Å². The van der Waals surface area contributed by atoms with E-state index in [-0.39, 0.29) is 11.8 Å². The minimum Gasteiger partial charge on any atom is -0.352 e. The molecule has 0 unspecified atom stereocenters. The SMILES string of the molecule is CC(=O)Nc1ccc(CC(=O)N2CCN(c3cn4cccnc4n3)CC2)cc1. The Morgan fingerprint density at radius 1 is 1.11 bits per heavy atom. The van der Waals surface area contributed by atoms with E-state index in [0.717, 1.165) is 30.2 Å². The van der Waals surface area contributed by atoms with Gasteiger partial charge in [0.05, 0.1) is 12.6 Å². The molecule has 144 valence electrons. The molecule has 1 saturated heterocycles. The number of amides is 2. The lowest BCUT2D eigenvalue weighted by atomic mass is 10.1. The molecule has 8 heteroatoms. The third-order valence-corrected chi connectivity index (χ3v) is 4.81. The highest BCUT2D eigenvalue weighted by atomic mass is 16.2. The number of aromatic nitrogens is 3. The van der Waals surface area contributed by atoms with Gasteiger partial charge < -0.3 is 15.1 Å². The Labute approximate surface area is 162 Å². The van der Waals surface area contributed by atoms with Gasteiger partial charge in [0.25, 0.3) is 0 Å². The maximum absolute atomic E-state index is 12.6. The van der Waals surface area contributed by atoms with Gasteiger partial charge in [-0.25, -0.2) is 4.98 Å². The predicted molar refractivity (Wildman–Crippen MR) is 106 cm³/mol. The van der Waals surface area contributed by atoms with Crippen molar-refractivity contribution in [1.82, 2.24) is 19.3 Å². The Bertz CT molecular complexity index is 956. The van der Waals surface area contributed by atoms with Crippen molar-refractivity contribution in [2.45, 2.75) is 13.3 Å². The lowest BCUT2D eigenvalue weighted by Gasteiger charge is -2.34. The first-order chi connectivity index (χ1) is 13.6. The van der Waals surface area contributed by atoms with E-state index in [1.54, 1.807) is 6.20 Å². The molecule has 0 spiro atoms. The standard InChI is InChI=1S/C20H22N6O2/c1-15(27)22-17-5-3-16(4-6-17)13-19(28)25-11-9-24(10-12-25)18-14-26-8-2-7-21-20(26)23-18/h2-8,14H,9-13H2,1H3,(H,22,27). The zero-order valence-electron chi connectivity index (χ0n) is 15.7. The first kappa shape index (κ1) is 18.0. The van der Waals surface area contributed by atoms with Crippen molar-refractivity contribution >= 4 is 29.1 Å². The largest absolute Gasteiger partial charge is 0.352 e. The van der Waals surface area contributed by atoms with Crippen LogP contribution in [0.1, 0.15) is 12.5 Å². The van der Waals surface area contributed by atoms with Crippen LogP contribution < -0.4 is 10.2 Å². The third-order valence-electron chi connectivity index (χ3n) is 4.81. The number of benzene rings is 1. The van der Waals surface area contributed by atoms with Crippen LogP contribution in [-0.4, -0.2) is 57.3 Å². The molecular weight excluding hydrogens is 356 g/mol. The number of imidazole rings is 1. The fraction of sp³-hybridized carbons (Fsp3) is 0.300. The van der Waals surface area contributed by atoms with Crippen LogP contribution in [0.3, 0.4) is 0 Å². The van der Waals surface area contributed by atoms with Crippen LogP contribution in [0, 0.1) is 0 Å². The van der Waals surface area contributed by atoms with E-state index in [4.69, 9.17) is 0 Å². The van der Waals surface area contributed by atoms with Gasteiger partial charge in [0.2, 0.25) is 17.6 Å². The van der Waals surface area contributed by atoms with Crippen molar-refractivity contribution in [3.63, 3.8) is 0 Å². The second kappa shape index (κ2) is 7.67. The summed E-state index contributed by atoms with van der Waals surface area (Å²) in [5, 5.41) is 2.73. The Balaban J connectivity index is 1.33. The molecule has 0 bridgehead atoms. The van der Waals surface area contributed by atoms with Crippen molar-refractivity contribution in [1.29, 1.82) is 0 Å². The summed E-state index contributed by atoms with van der Waals surface area (Å²) >= 11 is 0. The fourth-order valence-corrected chi connectivity index (χ4v) is 3.35. The van der Waals surface area contributed by atoms with Gasteiger partial charge in [-0.2, -0.15) is 4.98 Å². The summed E-state index contributed by atoms with van der Waals surface area (Å²) in [4.78, 5) is 36.6. The van der Waals surface area contributed by atoms with Crippen LogP contribution in [-0.2, 0) is 16.0 Å². The van der Waals surface area contributed by atoms with Crippen LogP contribution >= 0.6 is 0 Å². The van der Waals surface area contributed by atoms with Crippen molar-refractivity contribution in [2.75, 3.05) is 36.4 Å². The highest BCUT2D eigenvalue weighted by molar-refractivity contribution is 5.88. The quantitative estimate of drug-likeness (QED) is 0.745. The molecule has 2 aromatic heterocycles. The molecule has 0 saturated carbocycles. The van der Waals surface area contributed by atoms with E-state index in [1.165, 1.54) is 6.92 Å². The minimum atomic E-state index is -0.108. The first-order valence-corrected chi connectivity index (χ1v) is 9.27. The van der Waals surface area contributed by atoms with E-state index in [0.29, 0.717) is 25.3 Å². The van der Waals surface area contributed by atoms with Crippen molar-refractivity contribution in [3.05, 3.63) is 54.5 Å². The average molecular weight is 378 g/mol. The average Bonchev–Trinajstić information content (AvgIpc) is 3.13. The van der Waals surface area contributed by atoms with Crippen molar-refractivity contribution < 1.29 is 9.59 Å². The zero-order chi connectivity index (χ0) is 19.5. The Morgan fingerprint density at radius 3 is 2.54 bits per heavy atom. The number of nitrogens with one attached hydrogen (secondary N) is 1. The highest BCUT2D eigenvalue weighted by Crippen LogP contribution is 2.17. The number of rotatable bonds is 4. The number of anilines is 2. The molecule has 3 heterocycles. The normalized spacial score (nSPS) is 14.3. The molecule has 0 radical (unpaired) electrons. The molecule has 0 aliphatic carbocycles. The fourth-order valence-electron chi connectivity index (χ4n) is 3.35. The molecule has 1 N–H and O–H groups in total. The van der Waals surface area contributed by atoms with Crippen LogP contribution in [0.25, 0.3) is 5.78 Å². The Morgan fingerprint density at radius 2 is 1.86 bits per heavy atom. The van der Waals surface area contributed by atoms with Gasteiger partial charge in [0.15, 0.2) is 0 Å². The molecule has 8 nitrogen and oxygen atoms in total. The van der Waals surface area contributed by atoms with Gasteiger partial charge in [0, 0.05) is 51.2 Å². The minimum absolute atomic E-state index is 0.108. The van der Waals surface area contributed by atoms with Gasteiger partial charge in [-0.15, -0.1) is 0 Å². The smallest absolute Gasteiger partial charge is 0.235 e. The summed E-state index contributed by atoms with van der Waals surface area (Å²) in [5.74, 6) is 1.57. The number of nitrogens with zero attached hydrogens (tertiary/aromatic N) is 5. The molecule has 0 atom stereocenters. The van der Waals surface area contributed by atoms with Crippen LogP contribution in [0.2, 0.25) is 0 Å². The monoisotopic (exact) mass is 378 g/mol. The lowest BCUT2D eigenvalue weighted by Crippen LogP contribution is -2.49. The number of carbonyl (C=O) groups is 2. The Kier molecular flexibility index (Phi) is 4.92. The van der Waals surface area contributed by atoms with Gasteiger partial charge in [-0.05, 0) is 23.8 Å². The number of hydrogen-bond acceptors (Lipinski definition) is 5. The summed E-state index contributed by atoms with van der Waals surface area (Å²) < 4.78 is 1.90. The molecule has 4 rings (SSSR count). The number of carbonyl (C=O) groups excluding carboxylic acids is 2. The van der Waals surface area contributed by atoms with Crippen LogP contribution in [0.4, 0.5) is 11.5 Å². The molecule has 1 aliphatic heterocycles. The van der Waals surface area contributed by atoms with E-state index in [9.17, 15) is 9.59 Å². The van der Waals surface area contributed by atoms with Crippen molar-refractivity contribution in [2.24, 2.45) is 0 Å². The second-order valence-electron chi connectivity index (χ2n) is 6.85. The maximum atomic E-state index is 12.6. The predicted octanol–water partition coefficient (Wildman–Crippen LogP) is 1.58. The molecule has 2 amide bonds. The molecule has 28 heavy (non-hydrogen) atoms. The molecule has 1 aliphatic rings. The summed E-state index contributed by atoms with van der Waals surface area (Å²) in [6.07, 6.45) is 5.98. The van der Waals surface area contributed by atoms with Crippen LogP contribution in [0.5, 0.6) is 0 Å². The molecule has 1 aromatic carbocycles. The second-order valence-corrected chi connectivity index (χ2v) is 6.85. The van der Waals surface area contributed by atoms with Crippen molar-refractivity contribution in [3.8, 4) is 0 Å². The third kappa shape index (κ3) is 3.95. The van der Waals surface area contributed by atoms with Gasteiger partial charge >= 0.3 is 0 Å². The summed E-state index contributed by atoms with van der Waals surface area (Å²) in [5.41, 5.74) is 1.67. The molecular formula is C20H22N6O2. The lowest BCUT2D eigenvalue weighted by molar-refractivity contribution is -0.130. The van der Waals surface area contributed by atoms with Crippen LogP contribution in [0.15, 0.2) is 48.9 Å².